The maximum Gasteiger partial charge on any atom is 0.323 e. The van der Waals surface area contributed by atoms with Crippen molar-refractivity contribution >= 4 is 27.9 Å². The second-order valence-corrected chi connectivity index (χ2v) is 5.15. The van der Waals surface area contributed by atoms with Crippen molar-refractivity contribution in [3.8, 4) is 0 Å². The molecular weight excluding hydrogens is 324 g/mol. The summed E-state index contributed by atoms with van der Waals surface area (Å²) in [7, 11) is 1.64. The van der Waals surface area contributed by atoms with Gasteiger partial charge in [0.2, 0.25) is 0 Å². The highest BCUT2D eigenvalue weighted by atomic mass is 79.9. The van der Waals surface area contributed by atoms with Gasteiger partial charge in [-0.2, -0.15) is 0 Å². The largest absolute Gasteiger partial charge is 0.480 e. The quantitative estimate of drug-likeness (QED) is 0.809. The number of halogens is 1. The van der Waals surface area contributed by atoms with Gasteiger partial charge in [0.05, 0.1) is 0 Å². The molecular formula is C14H17BrN2O3. The van der Waals surface area contributed by atoms with Gasteiger partial charge in [-0.05, 0) is 11.6 Å². The van der Waals surface area contributed by atoms with Crippen LogP contribution in [0, 0.1) is 0 Å². The van der Waals surface area contributed by atoms with Gasteiger partial charge in [-0.3, -0.25) is 4.79 Å². The summed E-state index contributed by atoms with van der Waals surface area (Å²) < 4.78 is 0.910. The van der Waals surface area contributed by atoms with Crippen LogP contribution in [0.2, 0.25) is 0 Å². The molecule has 1 N–H and O–H groups in total. The number of hydrogen-bond acceptors (Lipinski definition) is 2. The standard InChI is InChI=1S/C14H17BrN2O3/c1-3-8-17(10-13(18)19)14(20)16(2)9-11-6-4-5-7-12(11)15/h3-7H,1,8-10H2,2H3,(H,18,19). The molecule has 2 amide bonds. The van der Waals surface area contributed by atoms with Crippen molar-refractivity contribution in [2.45, 2.75) is 6.54 Å². The van der Waals surface area contributed by atoms with Crippen LogP contribution in [-0.2, 0) is 11.3 Å². The summed E-state index contributed by atoms with van der Waals surface area (Å²) in [6.45, 7) is 3.79. The summed E-state index contributed by atoms with van der Waals surface area (Å²) in [5.41, 5.74) is 0.956. The molecule has 108 valence electrons. The predicted molar refractivity (Wildman–Crippen MR) is 80.4 cm³/mol. The lowest BCUT2D eigenvalue weighted by molar-refractivity contribution is -0.137. The van der Waals surface area contributed by atoms with Crippen LogP contribution in [0.4, 0.5) is 4.79 Å². The number of rotatable bonds is 6. The normalized spacial score (nSPS) is 9.90. The van der Waals surface area contributed by atoms with E-state index in [1.165, 1.54) is 15.9 Å². The third kappa shape index (κ3) is 4.70. The molecule has 0 fully saturated rings. The summed E-state index contributed by atoms with van der Waals surface area (Å²) in [6, 6.07) is 7.24. The number of benzene rings is 1. The van der Waals surface area contributed by atoms with Crippen LogP contribution in [-0.4, -0.2) is 47.0 Å². The highest BCUT2D eigenvalue weighted by molar-refractivity contribution is 9.10. The molecule has 0 aliphatic rings. The molecule has 0 saturated carbocycles. The van der Waals surface area contributed by atoms with Crippen molar-refractivity contribution < 1.29 is 14.7 Å². The minimum Gasteiger partial charge on any atom is -0.480 e. The van der Waals surface area contributed by atoms with Gasteiger partial charge >= 0.3 is 12.0 Å². The number of aliphatic carboxylic acids is 1. The first kappa shape index (κ1) is 16.2. The smallest absolute Gasteiger partial charge is 0.323 e. The van der Waals surface area contributed by atoms with Crippen molar-refractivity contribution in [1.29, 1.82) is 0 Å². The highest BCUT2D eigenvalue weighted by Crippen LogP contribution is 2.17. The second-order valence-electron chi connectivity index (χ2n) is 4.29. The molecule has 0 heterocycles. The van der Waals surface area contributed by atoms with Crippen molar-refractivity contribution in [1.82, 2.24) is 9.80 Å². The van der Waals surface area contributed by atoms with Crippen LogP contribution in [0.3, 0.4) is 0 Å². The zero-order chi connectivity index (χ0) is 15.1. The Morgan fingerprint density at radius 1 is 1.40 bits per heavy atom. The number of urea groups is 1. The molecule has 1 aromatic rings. The Labute approximate surface area is 126 Å². The minimum absolute atomic E-state index is 0.200. The Morgan fingerprint density at radius 3 is 2.60 bits per heavy atom. The highest BCUT2D eigenvalue weighted by Gasteiger charge is 2.19. The number of carbonyl (C=O) groups is 2. The predicted octanol–water partition coefficient (Wildman–Crippen LogP) is 2.57. The van der Waals surface area contributed by atoms with E-state index in [1.807, 2.05) is 24.3 Å². The summed E-state index contributed by atoms with van der Waals surface area (Å²) in [5, 5.41) is 8.82. The Balaban J connectivity index is 2.76. The van der Waals surface area contributed by atoms with Crippen LogP contribution >= 0.6 is 15.9 Å². The lowest BCUT2D eigenvalue weighted by atomic mass is 10.2. The molecule has 0 radical (unpaired) electrons. The summed E-state index contributed by atoms with van der Waals surface area (Å²) >= 11 is 3.42. The molecule has 20 heavy (non-hydrogen) atoms. The topological polar surface area (TPSA) is 60.9 Å². The molecule has 0 bridgehead atoms. The number of carboxylic acids is 1. The van der Waals surface area contributed by atoms with E-state index in [9.17, 15) is 9.59 Å². The molecule has 0 spiro atoms. The van der Waals surface area contributed by atoms with Crippen molar-refractivity contribution in [3.05, 3.63) is 47.0 Å². The molecule has 0 atom stereocenters. The SMILES string of the molecule is C=CCN(CC(=O)O)C(=O)N(C)Cc1ccccc1Br. The van der Waals surface area contributed by atoms with E-state index in [4.69, 9.17) is 5.11 Å². The molecule has 1 aromatic carbocycles. The molecule has 0 saturated heterocycles. The van der Waals surface area contributed by atoms with E-state index in [0.29, 0.717) is 6.54 Å². The van der Waals surface area contributed by atoms with E-state index in [-0.39, 0.29) is 19.1 Å². The Kier molecular flexibility index (Phi) is 6.24. The lowest BCUT2D eigenvalue weighted by Crippen LogP contribution is -2.43. The number of amides is 2. The monoisotopic (exact) mass is 340 g/mol. The fourth-order valence-corrected chi connectivity index (χ4v) is 2.13. The van der Waals surface area contributed by atoms with E-state index >= 15 is 0 Å². The molecule has 1 rings (SSSR count). The van der Waals surface area contributed by atoms with Crippen molar-refractivity contribution in [2.24, 2.45) is 0 Å². The lowest BCUT2D eigenvalue weighted by Gasteiger charge is -2.26. The van der Waals surface area contributed by atoms with Gasteiger partial charge in [0.25, 0.3) is 0 Å². The first-order chi connectivity index (χ1) is 9.45. The zero-order valence-corrected chi connectivity index (χ0v) is 12.8. The first-order valence-corrected chi connectivity index (χ1v) is 6.81. The summed E-state index contributed by atoms with van der Waals surface area (Å²) in [4.78, 5) is 25.7. The van der Waals surface area contributed by atoms with E-state index in [0.717, 1.165) is 10.0 Å². The minimum atomic E-state index is -1.05. The average molecular weight is 341 g/mol. The van der Waals surface area contributed by atoms with Gasteiger partial charge in [0.15, 0.2) is 0 Å². The van der Waals surface area contributed by atoms with Gasteiger partial charge < -0.3 is 14.9 Å². The maximum absolute atomic E-state index is 12.2. The van der Waals surface area contributed by atoms with Crippen molar-refractivity contribution in [2.75, 3.05) is 20.1 Å². The van der Waals surface area contributed by atoms with Crippen LogP contribution < -0.4 is 0 Å². The summed E-state index contributed by atoms with van der Waals surface area (Å²) in [5.74, 6) is -1.05. The maximum atomic E-state index is 12.2. The fourth-order valence-electron chi connectivity index (χ4n) is 1.72. The zero-order valence-electron chi connectivity index (χ0n) is 11.3. The number of carbonyl (C=O) groups excluding carboxylic acids is 1. The Hall–Kier alpha value is -1.82. The van der Waals surface area contributed by atoms with E-state index < -0.39 is 5.97 Å². The van der Waals surface area contributed by atoms with Gasteiger partial charge in [-0.15, -0.1) is 6.58 Å². The number of nitrogens with zero attached hydrogens (tertiary/aromatic N) is 2. The second kappa shape index (κ2) is 7.69. The van der Waals surface area contributed by atoms with Crippen LogP contribution in [0.1, 0.15) is 5.56 Å². The van der Waals surface area contributed by atoms with E-state index in [2.05, 4.69) is 22.5 Å². The third-order valence-corrected chi connectivity index (χ3v) is 3.41. The number of carboxylic acid groups (broad SMARTS) is 1. The average Bonchev–Trinajstić information content (AvgIpc) is 2.39. The number of hydrogen-bond donors (Lipinski definition) is 1. The molecule has 5 nitrogen and oxygen atoms in total. The molecule has 0 unspecified atom stereocenters. The van der Waals surface area contributed by atoms with Gasteiger partial charge in [0.1, 0.15) is 6.54 Å². The van der Waals surface area contributed by atoms with Gasteiger partial charge in [-0.25, -0.2) is 4.79 Å². The van der Waals surface area contributed by atoms with Crippen LogP contribution in [0.25, 0.3) is 0 Å². The fraction of sp³-hybridized carbons (Fsp3) is 0.286. The van der Waals surface area contributed by atoms with Gasteiger partial charge in [0, 0.05) is 24.6 Å². The first-order valence-electron chi connectivity index (χ1n) is 6.01. The Morgan fingerprint density at radius 2 is 2.05 bits per heavy atom. The third-order valence-electron chi connectivity index (χ3n) is 2.64. The molecule has 0 aromatic heterocycles. The Bertz CT molecular complexity index is 505. The van der Waals surface area contributed by atoms with Gasteiger partial charge in [-0.1, -0.05) is 40.2 Å². The molecule has 0 aliphatic heterocycles. The molecule has 0 aliphatic carbocycles. The van der Waals surface area contributed by atoms with Crippen molar-refractivity contribution in [3.63, 3.8) is 0 Å². The van der Waals surface area contributed by atoms with Crippen LogP contribution in [0.15, 0.2) is 41.4 Å². The van der Waals surface area contributed by atoms with Crippen LogP contribution in [0.5, 0.6) is 0 Å². The summed E-state index contributed by atoms with van der Waals surface area (Å²) in [6.07, 6.45) is 1.51. The molecule has 6 heteroatoms. The van der Waals surface area contributed by atoms with E-state index in [1.54, 1.807) is 7.05 Å².